The molecule has 76 valence electrons. The average Bonchev–Trinajstić information content (AvgIpc) is 1.99. The molecule has 0 amide bonds. The summed E-state index contributed by atoms with van der Waals surface area (Å²) in [4.78, 5) is 0. The first-order chi connectivity index (χ1) is 6.00. The fourth-order valence-corrected chi connectivity index (χ4v) is 2.21. The number of aliphatic hydroxyl groups excluding tert-OH is 1. The molecule has 1 aliphatic rings. The molecule has 1 fully saturated rings. The van der Waals surface area contributed by atoms with Gasteiger partial charge in [0.05, 0.1) is 6.10 Å². The quantitative estimate of drug-likeness (QED) is 0.618. The molecule has 0 heterocycles. The molecule has 1 saturated carbocycles. The molecule has 4 atom stereocenters. The summed E-state index contributed by atoms with van der Waals surface area (Å²) in [5, 5.41) is 9.86. The minimum absolute atomic E-state index is 0.110. The highest BCUT2D eigenvalue weighted by atomic mass is 16.3. The van der Waals surface area contributed by atoms with Gasteiger partial charge in [-0.25, -0.2) is 0 Å². The molecule has 1 rings (SSSR count). The van der Waals surface area contributed by atoms with E-state index in [4.69, 9.17) is 0 Å². The maximum Gasteiger partial charge on any atom is 0.0605 e. The van der Waals surface area contributed by atoms with Crippen molar-refractivity contribution in [3.05, 3.63) is 11.6 Å². The summed E-state index contributed by atoms with van der Waals surface area (Å²) in [7, 11) is 0. The Morgan fingerprint density at radius 3 is 2.23 bits per heavy atom. The molecule has 0 spiro atoms. The van der Waals surface area contributed by atoms with Crippen molar-refractivity contribution in [3.63, 3.8) is 0 Å². The van der Waals surface area contributed by atoms with Gasteiger partial charge in [-0.15, -0.1) is 0 Å². The highest BCUT2D eigenvalue weighted by Gasteiger charge is 2.29. The van der Waals surface area contributed by atoms with Crippen LogP contribution in [0.5, 0.6) is 0 Å². The van der Waals surface area contributed by atoms with E-state index < -0.39 is 0 Å². The van der Waals surface area contributed by atoms with E-state index in [1.165, 1.54) is 5.57 Å². The highest BCUT2D eigenvalue weighted by Crippen LogP contribution is 2.34. The molecule has 1 nitrogen and oxygen atoms in total. The summed E-state index contributed by atoms with van der Waals surface area (Å²) in [6, 6.07) is 0. The first-order valence-electron chi connectivity index (χ1n) is 5.33. The zero-order chi connectivity index (χ0) is 10.0. The molecule has 13 heavy (non-hydrogen) atoms. The van der Waals surface area contributed by atoms with Crippen molar-refractivity contribution in [2.75, 3.05) is 0 Å². The van der Waals surface area contributed by atoms with Gasteiger partial charge in [0, 0.05) is 5.92 Å². The smallest absolute Gasteiger partial charge is 0.0605 e. The van der Waals surface area contributed by atoms with Gasteiger partial charge in [0.2, 0.25) is 0 Å². The van der Waals surface area contributed by atoms with Gasteiger partial charge in [-0.2, -0.15) is 0 Å². The van der Waals surface area contributed by atoms with Crippen LogP contribution < -0.4 is 0 Å². The summed E-state index contributed by atoms with van der Waals surface area (Å²) in [5.41, 5.74) is 1.32. The second kappa shape index (κ2) is 4.28. The van der Waals surface area contributed by atoms with Crippen molar-refractivity contribution in [1.82, 2.24) is 0 Å². The van der Waals surface area contributed by atoms with Crippen LogP contribution in [0, 0.1) is 17.8 Å². The van der Waals surface area contributed by atoms with E-state index in [-0.39, 0.29) is 6.10 Å². The normalized spacial score (nSPS) is 40.1. The number of hydrogen-bond donors (Lipinski definition) is 1. The molecule has 1 aliphatic carbocycles. The van der Waals surface area contributed by atoms with Crippen LogP contribution in [0.2, 0.25) is 0 Å². The highest BCUT2D eigenvalue weighted by molar-refractivity contribution is 5.02. The topological polar surface area (TPSA) is 20.2 Å². The molecule has 0 bridgehead atoms. The first-order valence-corrected chi connectivity index (χ1v) is 5.33. The van der Waals surface area contributed by atoms with E-state index in [1.807, 2.05) is 0 Å². The Hall–Kier alpha value is -0.300. The Labute approximate surface area is 81.9 Å². The fraction of sp³-hybridized carbons (Fsp3) is 0.833. The lowest BCUT2D eigenvalue weighted by Crippen LogP contribution is -2.32. The Balaban J connectivity index is 2.61. The van der Waals surface area contributed by atoms with Crippen LogP contribution in [-0.4, -0.2) is 11.2 Å². The minimum atomic E-state index is -0.110. The molecule has 0 aromatic heterocycles. The third kappa shape index (κ3) is 2.84. The van der Waals surface area contributed by atoms with E-state index in [1.54, 1.807) is 0 Å². The van der Waals surface area contributed by atoms with Crippen LogP contribution in [0.1, 0.15) is 40.5 Å². The molecule has 1 N–H and O–H groups in total. The van der Waals surface area contributed by atoms with E-state index in [9.17, 15) is 5.11 Å². The molecule has 0 radical (unpaired) electrons. The molecule has 0 aromatic carbocycles. The predicted molar refractivity (Wildman–Crippen MR) is 56.5 cm³/mol. The maximum atomic E-state index is 9.86. The Bertz CT molecular complexity index is 191. The molecule has 0 aliphatic heterocycles. The van der Waals surface area contributed by atoms with E-state index in [2.05, 4.69) is 33.8 Å². The lowest BCUT2D eigenvalue weighted by atomic mass is 9.74. The first kappa shape index (κ1) is 10.8. The van der Waals surface area contributed by atoms with Gasteiger partial charge in [0.25, 0.3) is 0 Å². The van der Waals surface area contributed by atoms with Gasteiger partial charge in [-0.3, -0.25) is 0 Å². The summed E-state index contributed by atoms with van der Waals surface area (Å²) >= 11 is 0. The molecule has 0 saturated heterocycles. The number of aliphatic hydroxyl groups is 1. The standard InChI is InChI=1S/C12H22O/c1-8(2)5-11-6-9(3)10(4)7-12(11)13/h5,9-13H,6-7H2,1-4H3. The lowest BCUT2D eigenvalue weighted by molar-refractivity contribution is 0.0450. The lowest BCUT2D eigenvalue weighted by Gasteiger charge is -2.35. The SMILES string of the molecule is CC(C)=CC1CC(C)C(C)CC1O. The van der Waals surface area contributed by atoms with Crippen LogP contribution >= 0.6 is 0 Å². The van der Waals surface area contributed by atoms with Crippen molar-refractivity contribution >= 4 is 0 Å². The van der Waals surface area contributed by atoms with Gasteiger partial charge in [0.1, 0.15) is 0 Å². The Kier molecular flexibility index (Phi) is 3.55. The second-order valence-electron chi connectivity index (χ2n) is 4.90. The fourth-order valence-electron chi connectivity index (χ4n) is 2.21. The van der Waals surface area contributed by atoms with Crippen LogP contribution in [0.3, 0.4) is 0 Å². The predicted octanol–water partition coefficient (Wildman–Crippen LogP) is 3.00. The molecule has 0 aromatic rings. The van der Waals surface area contributed by atoms with Gasteiger partial charge < -0.3 is 5.11 Å². The molecular weight excluding hydrogens is 160 g/mol. The van der Waals surface area contributed by atoms with Gasteiger partial charge in [0.15, 0.2) is 0 Å². The van der Waals surface area contributed by atoms with E-state index in [0.29, 0.717) is 11.8 Å². The van der Waals surface area contributed by atoms with Gasteiger partial charge >= 0.3 is 0 Å². The van der Waals surface area contributed by atoms with Gasteiger partial charge in [-0.1, -0.05) is 25.5 Å². The summed E-state index contributed by atoms with van der Waals surface area (Å²) in [5.74, 6) is 1.83. The Morgan fingerprint density at radius 1 is 1.15 bits per heavy atom. The monoisotopic (exact) mass is 182 g/mol. The van der Waals surface area contributed by atoms with E-state index in [0.717, 1.165) is 18.8 Å². The van der Waals surface area contributed by atoms with Gasteiger partial charge in [-0.05, 0) is 38.5 Å². The molecular formula is C12H22O. The number of hydrogen-bond acceptors (Lipinski definition) is 1. The average molecular weight is 182 g/mol. The van der Waals surface area contributed by atoms with Crippen molar-refractivity contribution in [3.8, 4) is 0 Å². The van der Waals surface area contributed by atoms with Crippen LogP contribution in [0.15, 0.2) is 11.6 Å². The van der Waals surface area contributed by atoms with Crippen molar-refractivity contribution in [1.29, 1.82) is 0 Å². The minimum Gasteiger partial charge on any atom is -0.393 e. The van der Waals surface area contributed by atoms with Crippen molar-refractivity contribution in [2.24, 2.45) is 17.8 Å². The zero-order valence-electron chi connectivity index (χ0n) is 9.25. The second-order valence-corrected chi connectivity index (χ2v) is 4.90. The van der Waals surface area contributed by atoms with Crippen LogP contribution in [-0.2, 0) is 0 Å². The zero-order valence-corrected chi connectivity index (χ0v) is 9.25. The van der Waals surface area contributed by atoms with E-state index >= 15 is 0 Å². The molecule has 4 unspecified atom stereocenters. The number of rotatable bonds is 1. The Morgan fingerprint density at radius 2 is 1.69 bits per heavy atom. The van der Waals surface area contributed by atoms with Crippen molar-refractivity contribution in [2.45, 2.75) is 46.6 Å². The van der Waals surface area contributed by atoms with Crippen LogP contribution in [0.25, 0.3) is 0 Å². The number of allylic oxidation sites excluding steroid dienone is 1. The third-order valence-electron chi connectivity index (χ3n) is 3.27. The van der Waals surface area contributed by atoms with Crippen molar-refractivity contribution < 1.29 is 5.11 Å². The summed E-state index contributed by atoms with van der Waals surface area (Å²) in [6.07, 6.45) is 4.23. The maximum absolute atomic E-state index is 9.86. The molecule has 1 heteroatoms. The third-order valence-corrected chi connectivity index (χ3v) is 3.27. The largest absolute Gasteiger partial charge is 0.393 e. The summed E-state index contributed by atoms with van der Waals surface area (Å²) < 4.78 is 0. The summed E-state index contributed by atoms with van der Waals surface area (Å²) in [6.45, 7) is 8.75. The van der Waals surface area contributed by atoms with Crippen LogP contribution in [0.4, 0.5) is 0 Å².